The third kappa shape index (κ3) is 2.38. The predicted octanol–water partition coefficient (Wildman–Crippen LogP) is 0.956. The molecule has 4 nitrogen and oxygen atoms in total. The molecular weight excluding hydrogens is 206 g/mol. The molecule has 0 bridgehead atoms. The van der Waals surface area contributed by atoms with Gasteiger partial charge in [0.25, 0.3) is 0 Å². The van der Waals surface area contributed by atoms with Gasteiger partial charge in [0.1, 0.15) is 0 Å². The lowest BCUT2D eigenvalue weighted by Gasteiger charge is -2.24. The predicted molar refractivity (Wildman–Crippen MR) is 60.1 cm³/mol. The number of hydrogen-bond acceptors (Lipinski definition) is 4. The molecule has 4 heteroatoms. The molecule has 1 N–H and O–H groups in total. The summed E-state index contributed by atoms with van der Waals surface area (Å²) < 4.78 is 10.7. The van der Waals surface area contributed by atoms with E-state index < -0.39 is 0 Å². The summed E-state index contributed by atoms with van der Waals surface area (Å²) >= 11 is 0. The number of esters is 1. The Labute approximate surface area is 96.7 Å². The van der Waals surface area contributed by atoms with E-state index in [9.17, 15) is 4.79 Å². The van der Waals surface area contributed by atoms with Crippen molar-refractivity contribution in [2.75, 3.05) is 32.9 Å². The van der Waals surface area contributed by atoms with Crippen molar-refractivity contribution in [3.8, 4) is 0 Å². The third-order valence-corrected chi connectivity index (χ3v) is 3.83. The van der Waals surface area contributed by atoms with Gasteiger partial charge in [-0.1, -0.05) is 6.92 Å². The van der Waals surface area contributed by atoms with Crippen LogP contribution >= 0.6 is 0 Å². The second-order valence-corrected chi connectivity index (χ2v) is 4.89. The zero-order chi connectivity index (χ0) is 11.4. The molecule has 0 saturated carbocycles. The highest BCUT2D eigenvalue weighted by Gasteiger charge is 2.41. The molecule has 2 rings (SSSR count). The quantitative estimate of drug-likeness (QED) is 0.727. The Hall–Kier alpha value is -0.610. The Morgan fingerprint density at radius 3 is 3.06 bits per heavy atom. The second-order valence-electron chi connectivity index (χ2n) is 4.89. The van der Waals surface area contributed by atoms with E-state index in [4.69, 9.17) is 9.47 Å². The summed E-state index contributed by atoms with van der Waals surface area (Å²) in [6.45, 7) is 5.83. The molecule has 16 heavy (non-hydrogen) atoms. The standard InChI is InChI=1S/C12H21NO3/c1-2-12(4-5-13-9-12)11(14)16-8-10-3-6-15-7-10/h10,13H,2-9H2,1H3. The highest BCUT2D eigenvalue weighted by Crippen LogP contribution is 2.31. The van der Waals surface area contributed by atoms with E-state index in [1.54, 1.807) is 0 Å². The van der Waals surface area contributed by atoms with Crippen LogP contribution in [0, 0.1) is 11.3 Å². The normalized spacial score (nSPS) is 34.2. The summed E-state index contributed by atoms with van der Waals surface area (Å²) in [4.78, 5) is 12.1. The molecule has 2 aliphatic rings. The Morgan fingerprint density at radius 2 is 2.50 bits per heavy atom. The number of hydrogen-bond donors (Lipinski definition) is 1. The van der Waals surface area contributed by atoms with Gasteiger partial charge in [0.2, 0.25) is 0 Å². The van der Waals surface area contributed by atoms with E-state index in [0.29, 0.717) is 12.5 Å². The topological polar surface area (TPSA) is 47.6 Å². The van der Waals surface area contributed by atoms with E-state index in [0.717, 1.165) is 45.6 Å². The third-order valence-electron chi connectivity index (χ3n) is 3.83. The Kier molecular flexibility index (Phi) is 3.82. The lowest BCUT2D eigenvalue weighted by molar-refractivity contribution is -0.156. The molecule has 2 fully saturated rings. The molecule has 0 spiro atoms. The minimum atomic E-state index is -0.264. The molecule has 92 valence electrons. The van der Waals surface area contributed by atoms with E-state index in [1.165, 1.54) is 0 Å². The number of carbonyl (C=O) groups is 1. The van der Waals surface area contributed by atoms with Gasteiger partial charge < -0.3 is 14.8 Å². The maximum atomic E-state index is 12.1. The molecule has 0 aromatic carbocycles. The first kappa shape index (κ1) is 11.9. The molecule has 2 saturated heterocycles. The van der Waals surface area contributed by atoms with Crippen LogP contribution in [0.15, 0.2) is 0 Å². The van der Waals surface area contributed by atoms with Crippen molar-refractivity contribution in [2.45, 2.75) is 26.2 Å². The molecule has 2 heterocycles. The van der Waals surface area contributed by atoms with E-state index >= 15 is 0 Å². The Morgan fingerprint density at radius 1 is 1.62 bits per heavy atom. The van der Waals surface area contributed by atoms with Crippen molar-refractivity contribution < 1.29 is 14.3 Å². The van der Waals surface area contributed by atoms with Gasteiger partial charge in [-0.3, -0.25) is 4.79 Å². The van der Waals surface area contributed by atoms with Gasteiger partial charge in [0.05, 0.1) is 18.6 Å². The Balaban J connectivity index is 1.81. The molecule has 0 amide bonds. The van der Waals surface area contributed by atoms with Crippen LogP contribution in [0.2, 0.25) is 0 Å². The average molecular weight is 227 g/mol. The summed E-state index contributed by atoms with van der Waals surface area (Å²) in [7, 11) is 0. The number of carbonyl (C=O) groups excluding carboxylic acids is 1. The zero-order valence-corrected chi connectivity index (χ0v) is 9.96. The first-order chi connectivity index (χ1) is 7.77. The van der Waals surface area contributed by atoms with Crippen LogP contribution in [0.5, 0.6) is 0 Å². The highest BCUT2D eigenvalue weighted by molar-refractivity contribution is 5.77. The summed E-state index contributed by atoms with van der Waals surface area (Å²) in [5.41, 5.74) is -0.264. The number of ether oxygens (including phenoxy) is 2. The lowest BCUT2D eigenvalue weighted by Crippen LogP contribution is -2.35. The Bertz CT molecular complexity index is 243. The molecule has 2 atom stereocenters. The van der Waals surface area contributed by atoms with Crippen LogP contribution in [0.3, 0.4) is 0 Å². The lowest BCUT2D eigenvalue weighted by atomic mass is 9.84. The van der Waals surface area contributed by atoms with E-state index in [1.807, 2.05) is 0 Å². The van der Waals surface area contributed by atoms with Crippen LogP contribution in [-0.2, 0) is 14.3 Å². The maximum Gasteiger partial charge on any atom is 0.313 e. The van der Waals surface area contributed by atoms with Gasteiger partial charge in [0, 0.05) is 19.1 Å². The smallest absolute Gasteiger partial charge is 0.313 e. The maximum absolute atomic E-state index is 12.1. The SMILES string of the molecule is CCC1(C(=O)OCC2CCOC2)CCNC1. The summed E-state index contributed by atoms with van der Waals surface area (Å²) in [5.74, 6) is 0.388. The van der Waals surface area contributed by atoms with Gasteiger partial charge in [-0.05, 0) is 25.8 Å². The fourth-order valence-corrected chi connectivity index (χ4v) is 2.43. The van der Waals surface area contributed by atoms with Crippen molar-refractivity contribution >= 4 is 5.97 Å². The molecule has 2 aliphatic heterocycles. The molecule has 2 unspecified atom stereocenters. The van der Waals surface area contributed by atoms with Crippen molar-refractivity contribution in [2.24, 2.45) is 11.3 Å². The number of rotatable bonds is 4. The molecule has 0 aromatic heterocycles. The minimum Gasteiger partial charge on any atom is -0.465 e. The molecule has 0 radical (unpaired) electrons. The zero-order valence-electron chi connectivity index (χ0n) is 9.96. The van der Waals surface area contributed by atoms with Gasteiger partial charge in [-0.15, -0.1) is 0 Å². The van der Waals surface area contributed by atoms with Crippen molar-refractivity contribution in [1.82, 2.24) is 5.32 Å². The molecule has 0 aromatic rings. The van der Waals surface area contributed by atoms with Gasteiger partial charge >= 0.3 is 5.97 Å². The van der Waals surface area contributed by atoms with Crippen LogP contribution in [0.1, 0.15) is 26.2 Å². The average Bonchev–Trinajstić information content (AvgIpc) is 2.97. The van der Waals surface area contributed by atoms with E-state index in [-0.39, 0.29) is 11.4 Å². The van der Waals surface area contributed by atoms with Crippen molar-refractivity contribution in [3.63, 3.8) is 0 Å². The first-order valence-electron chi connectivity index (χ1n) is 6.22. The van der Waals surface area contributed by atoms with Crippen LogP contribution < -0.4 is 5.32 Å². The van der Waals surface area contributed by atoms with Gasteiger partial charge in [-0.25, -0.2) is 0 Å². The van der Waals surface area contributed by atoms with Crippen molar-refractivity contribution in [1.29, 1.82) is 0 Å². The van der Waals surface area contributed by atoms with Crippen LogP contribution in [-0.4, -0.2) is 38.9 Å². The van der Waals surface area contributed by atoms with E-state index in [2.05, 4.69) is 12.2 Å². The fraction of sp³-hybridized carbons (Fsp3) is 0.917. The van der Waals surface area contributed by atoms with Crippen LogP contribution in [0.4, 0.5) is 0 Å². The largest absolute Gasteiger partial charge is 0.465 e. The molecular formula is C12H21NO3. The van der Waals surface area contributed by atoms with Crippen LogP contribution in [0.25, 0.3) is 0 Å². The summed E-state index contributed by atoms with van der Waals surface area (Å²) in [6.07, 6.45) is 2.79. The minimum absolute atomic E-state index is 0.0214. The van der Waals surface area contributed by atoms with Gasteiger partial charge in [0.15, 0.2) is 0 Å². The second kappa shape index (κ2) is 5.15. The van der Waals surface area contributed by atoms with Gasteiger partial charge in [-0.2, -0.15) is 0 Å². The highest BCUT2D eigenvalue weighted by atomic mass is 16.5. The number of nitrogens with one attached hydrogen (secondary N) is 1. The first-order valence-corrected chi connectivity index (χ1v) is 6.22. The van der Waals surface area contributed by atoms with Crippen molar-refractivity contribution in [3.05, 3.63) is 0 Å². The summed E-state index contributed by atoms with van der Waals surface area (Å²) in [5, 5.41) is 3.25. The monoisotopic (exact) mass is 227 g/mol. The molecule has 0 aliphatic carbocycles. The summed E-state index contributed by atoms with van der Waals surface area (Å²) in [6, 6.07) is 0. The fourth-order valence-electron chi connectivity index (χ4n) is 2.43.